The third kappa shape index (κ3) is 4.12. The molecule has 1 rings (SSSR count). The fourth-order valence-electron chi connectivity index (χ4n) is 2.41. The minimum absolute atomic E-state index is 0.104. The van der Waals surface area contributed by atoms with Crippen molar-refractivity contribution in [3.05, 3.63) is 0 Å². The Hall–Kier alpha value is -0.570. The molecule has 94 valence electrons. The Bertz CT molecular complexity index is 210. The van der Waals surface area contributed by atoms with Gasteiger partial charge >= 0.3 is 0 Å². The molecule has 0 aromatic carbocycles. The highest BCUT2D eigenvalue weighted by atomic mass is 16.2. The van der Waals surface area contributed by atoms with Gasteiger partial charge in [-0.05, 0) is 25.8 Å². The van der Waals surface area contributed by atoms with Crippen molar-refractivity contribution in [2.45, 2.75) is 52.0 Å². The largest absolute Gasteiger partial charge is 0.353 e. The zero-order chi connectivity index (χ0) is 12.0. The van der Waals surface area contributed by atoms with Gasteiger partial charge in [-0.2, -0.15) is 0 Å². The molecule has 1 aliphatic rings. The molecule has 1 amide bonds. The van der Waals surface area contributed by atoms with E-state index in [9.17, 15) is 4.79 Å². The molecule has 0 heterocycles. The van der Waals surface area contributed by atoms with E-state index < -0.39 is 0 Å². The van der Waals surface area contributed by atoms with E-state index in [-0.39, 0.29) is 11.8 Å². The second-order valence-corrected chi connectivity index (χ2v) is 5.25. The number of carbonyl (C=O) groups excluding carboxylic acids is 1. The first-order valence-corrected chi connectivity index (χ1v) is 6.60. The first-order chi connectivity index (χ1) is 7.65. The normalized spacial score (nSPS) is 19.8. The second kappa shape index (κ2) is 6.89. The van der Waals surface area contributed by atoms with Crippen molar-refractivity contribution in [2.24, 2.45) is 11.8 Å². The average Bonchev–Trinajstić information content (AvgIpc) is 2.26. The van der Waals surface area contributed by atoms with Crippen molar-refractivity contribution < 1.29 is 4.79 Å². The minimum atomic E-state index is 0.104. The lowest BCUT2D eigenvalue weighted by Gasteiger charge is -2.27. The topological polar surface area (TPSA) is 41.1 Å². The third-order valence-electron chi connectivity index (χ3n) is 3.52. The van der Waals surface area contributed by atoms with Gasteiger partial charge in [-0.25, -0.2) is 0 Å². The highest BCUT2D eigenvalue weighted by Crippen LogP contribution is 2.18. The Morgan fingerprint density at radius 1 is 1.25 bits per heavy atom. The van der Waals surface area contributed by atoms with Crippen molar-refractivity contribution in [3.63, 3.8) is 0 Å². The number of rotatable bonds is 5. The fraction of sp³-hybridized carbons (Fsp3) is 0.923. The summed E-state index contributed by atoms with van der Waals surface area (Å²) >= 11 is 0. The average molecular weight is 226 g/mol. The molecule has 0 aliphatic heterocycles. The van der Waals surface area contributed by atoms with E-state index in [0.29, 0.717) is 12.0 Å². The Balaban J connectivity index is 2.40. The van der Waals surface area contributed by atoms with Gasteiger partial charge in [-0.1, -0.05) is 33.1 Å². The fourth-order valence-corrected chi connectivity index (χ4v) is 2.41. The maximum absolute atomic E-state index is 12.1. The molecule has 2 N–H and O–H groups in total. The van der Waals surface area contributed by atoms with Crippen LogP contribution in [0.1, 0.15) is 46.0 Å². The van der Waals surface area contributed by atoms with Crippen LogP contribution in [0.3, 0.4) is 0 Å². The predicted octanol–water partition coefficient (Wildman–Crippen LogP) is 1.93. The van der Waals surface area contributed by atoms with Gasteiger partial charge in [0, 0.05) is 12.6 Å². The molecule has 3 nitrogen and oxygen atoms in total. The summed E-state index contributed by atoms with van der Waals surface area (Å²) in [5, 5.41) is 6.31. The van der Waals surface area contributed by atoms with E-state index in [1.807, 2.05) is 7.05 Å². The first-order valence-electron chi connectivity index (χ1n) is 6.60. The van der Waals surface area contributed by atoms with E-state index in [1.54, 1.807) is 0 Å². The number of nitrogens with one attached hydrogen (secondary N) is 2. The molecule has 0 aromatic heterocycles. The standard InChI is InChI=1S/C13H26N2O/c1-10(2)12(9-14-3)13(16)15-11-7-5-4-6-8-11/h10-12,14H,4-9H2,1-3H3,(H,15,16). The Kier molecular flexibility index (Phi) is 5.81. The summed E-state index contributed by atoms with van der Waals surface area (Å²) in [5.74, 6) is 0.735. The van der Waals surface area contributed by atoms with E-state index in [1.165, 1.54) is 19.3 Å². The monoisotopic (exact) mass is 226 g/mol. The van der Waals surface area contributed by atoms with Crippen LogP contribution in [0.15, 0.2) is 0 Å². The lowest BCUT2D eigenvalue weighted by molar-refractivity contribution is -0.127. The van der Waals surface area contributed by atoms with Crippen molar-refractivity contribution in [1.29, 1.82) is 0 Å². The van der Waals surface area contributed by atoms with E-state index in [4.69, 9.17) is 0 Å². The molecule has 3 heteroatoms. The van der Waals surface area contributed by atoms with Crippen molar-refractivity contribution in [1.82, 2.24) is 10.6 Å². The first kappa shape index (κ1) is 13.5. The number of amides is 1. The summed E-state index contributed by atoms with van der Waals surface area (Å²) < 4.78 is 0. The van der Waals surface area contributed by atoms with Crippen LogP contribution in [0.2, 0.25) is 0 Å². The molecule has 1 saturated carbocycles. The van der Waals surface area contributed by atoms with Crippen LogP contribution in [0.4, 0.5) is 0 Å². The van der Waals surface area contributed by atoms with Crippen molar-refractivity contribution in [2.75, 3.05) is 13.6 Å². The van der Waals surface area contributed by atoms with Crippen LogP contribution in [0.5, 0.6) is 0 Å². The van der Waals surface area contributed by atoms with Crippen molar-refractivity contribution in [3.8, 4) is 0 Å². The van der Waals surface area contributed by atoms with Gasteiger partial charge in [0.2, 0.25) is 5.91 Å². The second-order valence-electron chi connectivity index (χ2n) is 5.25. The minimum Gasteiger partial charge on any atom is -0.353 e. The molecule has 0 spiro atoms. The van der Waals surface area contributed by atoms with Gasteiger partial charge in [0.25, 0.3) is 0 Å². The molecule has 1 fully saturated rings. The molecule has 0 bridgehead atoms. The van der Waals surface area contributed by atoms with Gasteiger partial charge in [-0.3, -0.25) is 4.79 Å². The zero-order valence-electron chi connectivity index (χ0n) is 10.9. The SMILES string of the molecule is CNCC(C(=O)NC1CCCCC1)C(C)C. The van der Waals surface area contributed by atoms with Gasteiger partial charge in [0.1, 0.15) is 0 Å². The van der Waals surface area contributed by atoms with Gasteiger partial charge in [0.15, 0.2) is 0 Å². The Labute approximate surface area is 99.4 Å². The summed E-state index contributed by atoms with van der Waals surface area (Å²) in [6.45, 7) is 5.00. The predicted molar refractivity (Wildman–Crippen MR) is 67.3 cm³/mol. The van der Waals surface area contributed by atoms with Gasteiger partial charge in [-0.15, -0.1) is 0 Å². The van der Waals surface area contributed by atoms with Crippen LogP contribution in [-0.4, -0.2) is 25.5 Å². The maximum Gasteiger partial charge on any atom is 0.224 e. The lowest BCUT2D eigenvalue weighted by atomic mass is 9.92. The lowest BCUT2D eigenvalue weighted by Crippen LogP contribution is -2.44. The number of hydrogen-bond donors (Lipinski definition) is 2. The summed E-state index contributed by atoms with van der Waals surface area (Å²) in [4.78, 5) is 12.1. The third-order valence-corrected chi connectivity index (χ3v) is 3.52. The summed E-state index contributed by atoms with van der Waals surface area (Å²) in [5.41, 5.74) is 0. The van der Waals surface area contributed by atoms with E-state index in [0.717, 1.165) is 19.4 Å². The molecular formula is C13H26N2O. The maximum atomic E-state index is 12.1. The van der Waals surface area contributed by atoms with Crippen LogP contribution in [-0.2, 0) is 4.79 Å². The Morgan fingerprint density at radius 3 is 2.38 bits per heavy atom. The molecule has 1 atom stereocenters. The van der Waals surface area contributed by atoms with E-state index in [2.05, 4.69) is 24.5 Å². The smallest absolute Gasteiger partial charge is 0.224 e. The summed E-state index contributed by atoms with van der Waals surface area (Å²) in [6, 6.07) is 0.430. The molecule has 0 saturated heterocycles. The quantitative estimate of drug-likeness (QED) is 0.752. The summed E-state index contributed by atoms with van der Waals surface area (Å²) in [6.07, 6.45) is 6.19. The van der Waals surface area contributed by atoms with Gasteiger partial charge < -0.3 is 10.6 Å². The number of hydrogen-bond acceptors (Lipinski definition) is 2. The molecule has 1 unspecified atom stereocenters. The molecule has 0 radical (unpaired) electrons. The molecule has 0 aromatic rings. The van der Waals surface area contributed by atoms with Crippen LogP contribution in [0.25, 0.3) is 0 Å². The highest BCUT2D eigenvalue weighted by molar-refractivity contribution is 5.79. The number of carbonyl (C=O) groups is 1. The zero-order valence-corrected chi connectivity index (χ0v) is 10.9. The van der Waals surface area contributed by atoms with E-state index >= 15 is 0 Å². The molecular weight excluding hydrogens is 200 g/mol. The van der Waals surface area contributed by atoms with Crippen molar-refractivity contribution >= 4 is 5.91 Å². The van der Waals surface area contributed by atoms with Crippen LogP contribution >= 0.6 is 0 Å². The Morgan fingerprint density at radius 2 is 1.88 bits per heavy atom. The van der Waals surface area contributed by atoms with Gasteiger partial charge in [0.05, 0.1) is 5.92 Å². The molecule has 1 aliphatic carbocycles. The van der Waals surface area contributed by atoms with Crippen LogP contribution < -0.4 is 10.6 Å². The molecule has 16 heavy (non-hydrogen) atoms. The van der Waals surface area contributed by atoms with Crippen LogP contribution in [0, 0.1) is 11.8 Å². The summed E-state index contributed by atoms with van der Waals surface area (Å²) in [7, 11) is 1.91. The highest BCUT2D eigenvalue weighted by Gasteiger charge is 2.24.